The van der Waals surface area contributed by atoms with Crippen LogP contribution in [0.4, 0.5) is 11.4 Å². The summed E-state index contributed by atoms with van der Waals surface area (Å²) in [6.45, 7) is 6.86. The Kier molecular flexibility index (Phi) is 8.75. The van der Waals surface area contributed by atoms with Gasteiger partial charge in [-0.15, -0.1) is 0 Å². The second-order valence-electron chi connectivity index (χ2n) is 10.1. The number of nitrogens with zero attached hydrogens (tertiary/aromatic N) is 3. The molecule has 1 aliphatic carbocycles. The van der Waals surface area contributed by atoms with Crippen molar-refractivity contribution in [3.63, 3.8) is 0 Å². The number of nitriles is 1. The molecule has 4 rings (SSSR count). The fraction of sp³-hybridized carbons (Fsp3) is 0.345. The van der Waals surface area contributed by atoms with Crippen LogP contribution in [0.3, 0.4) is 0 Å². The zero-order valence-corrected chi connectivity index (χ0v) is 23.3. The third-order valence-electron chi connectivity index (χ3n) is 7.25. The van der Waals surface area contributed by atoms with Crippen molar-refractivity contribution in [2.24, 2.45) is 11.3 Å². The zero-order valence-electron chi connectivity index (χ0n) is 21.7. The maximum Gasteiger partial charge on any atom is 0.269 e. The first-order chi connectivity index (χ1) is 18.2. The number of nitrogens with one attached hydrogen (secondary N) is 1. The average Bonchev–Trinajstić information content (AvgIpc) is 2.92. The Bertz CT molecular complexity index is 1370. The lowest BCUT2D eigenvalue weighted by Gasteiger charge is -2.37. The fourth-order valence-corrected chi connectivity index (χ4v) is 6.09. The molecule has 0 bridgehead atoms. The number of pyridine rings is 1. The molecular weight excluding hydrogens is 516 g/mol. The van der Waals surface area contributed by atoms with Gasteiger partial charge in [-0.25, -0.2) is 4.98 Å². The molecule has 1 aromatic heterocycles. The van der Waals surface area contributed by atoms with Crippen molar-refractivity contribution in [3.8, 4) is 6.07 Å². The Labute approximate surface area is 231 Å². The molecule has 1 aliphatic rings. The van der Waals surface area contributed by atoms with Crippen LogP contribution in [0.25, 0.3) is 0 Å². The number of aromatic nitrogens is 1. The number of nitro benzene ring substituents is 1. The number of carbonyl (C=O) groups excluding carboxylic acids is 1. The van der Waals surface area contributed by atoms with E-state index < -0.39 is 4.92 Å². The largest absolute Gasteiger partial charge is 0.325 e. The Morgan fingerprint density at radius 1 is 1.18 bits per heavy atom. The van der Waals surface area contributed by atoms with Gasteiger partial charge in [-0.2, -0.15) is 5.26 Å². The minimum absolute atomic E-state index is 0.0578. The summed E-state index contributed by atoms with van der Waals surface area (Å²) in [7, 11) is 0. The van der Waals surface area contributed by atoms with Crippen molar-refractivity contribution in [2.75, 3.05) is 11.1 Å². The number of benzene rings is 2. The van der Waals surface area contributed by atoms with E-state index in [1.54, 1.807) is 12.1 Å². The highest BCUT2D eigenvalue weighted by Crippen LogP contribution is 2.40. The number of amides is 1. The van der Waals surface area contributed by atoms with E-state index in [1.165, 1.54) is 41.2 Å². The normalized spacial score (nSPS) is 14.8. The van der Waals surface area contributed by atoms with E-state index in [0.29, 0.717) is 22.2 Å². The molecule has 0 aliphatic heterocycles. The molecule has 1 N–H and O–H groups in total. The second kappa shape index (κ2) is 12.0. The first-order valence-electron chi connectivity index (χ1n) is 12.6. The Hall–Kier alpha value is -3.35. The smallest absolute Gasteiger partial charge is 0.269 e. The summed E-state index contributed by atoms with van der Waals surface area (Å²) in [4.78, 5) is 29.6. The van der Waals surface area contributed by atoms with E-state index in [0.717, 1.165) is 41.2 Å². The average molecular weight is 547 g/mol. The molecule has 1 amide bonds. The van der Waals surface area contributed by atoms with Crippen LogP contribution in [-0.4, -0.2) is 21.6 Å². The van der Waals surface area contributed by atoms with E-state index >= 15 is 0 Å². The Morgan fingerprint density at radius 3 is 2.45 bits per heavy atom. The van der Waals surface area contributed by atoms with E-state index in [9.17, 15) is 20.2 Å². The number of thioether (sulfide) groups is 1. The van der Waals surface area contributed by atoms with Crippen LogP contribution in [0.2, 0.25) is 0 Å². The Morgan fingerprint density at radius 2 is 1.84 bits per heavy atom. The first kappa shape index (κ1) is 27.7. The molecule has 9 heteroatoms. The predicted octanol–water partition coefficient (Wildman–Crippen LogP) is 7.28. The van der Waals surface area contributed by atoms with E-state index in [-0.39, 0.29) is 22.8 Å². The van der Waals surface area contributed by atoms with Gasteiger partial charge in [-0.05, 0) is 78.6 Å². The maximum absolute atomic E-state index is 12.6. The molecule has 1 heterocycles. The molecule has 2 aromatic carbocycles. The van der Waals surface area contributed by atoms with E-state index in [1.807, 2.05) is 30.3 Å². The van der Waals surface area contributed by atoms with Gasteiger partial charge < -0.3 is 5.32 Å². The van der Waals surface area contributed by atoms with Gasteiger partial charge in [-0.3, -0.25) is 14.9 Å². The highest BCUT2D eigenvalue weighted by molar-refractivity contribution is 8.00. The van der Waals surface area contributed by atoms with E-state index in [2.05, 4.69) is 32.2 Å². The lowest BCUT2D eigenvalue weighted by atomic mass is 9.69. The van der Waals surface area contributed by atoms with Crippen LogP contribution in [-0.2, 0) is 17.6 Å². The van der Waals surface area contributed by atoms with Crippen LogP contribution in [0, 0.1) is 32.8 Å². The monoisotopic (exact) mass is 546 g/mol. The number of aryl methyl sites for hydroxylation is 1. The lowest BCUT2D eigenvalue weighted by molar-refractivity contribution is -0.384. The fourth-order valence-electron chi connectivity index (χ4n) is 4.50. The zero-order chi connectivity index (χ0) is 27.3. The predicted molar refractivity (Wildman–Crippen MR) is 152 cm³/mol. The van der Waals surface area contributed by atoms with Gasteiger partial charge in [0.1, 0.15) is 11.1 Å². The third kappa shape index (κ3) is 6.74. The Balaban J connectivity index is 1.33. The number of rotatable bonds is 9. The number of non-ortho nitro benzene ring substituents is 1. The molecular formula is C29H30N4O3S2. The van der Waals surface area contributed by atoms with Crippen molar-refractivity contribution in [1.82, 2.24) is 4.98 Å². The molecule has 7 nitrogen and oxygen atoms in total. The number of fused-ring (bicyclic) bond motifs is 1. The molecule has 0 radical (unpaired) electrons. The molecule has 1 atom stereocenters. The summed E-state index contributed by atoms with van der Waals surface area (Å²) in [5, 5.41) is 24.0. The van der Waals surface area contributed by atoms with Crippen LogP contribution in [0.1, 0.15) is 50.4 Å². The number of anilines is 1. The quantitative estimate of drug-likeness (QED) is 0.171. The van der Waals surface area contributed by atoms with Crippen molar-refractivity contribution >= 4 is 40.8 Å². The van der Waals surface area contributed by atoms with Crippen LogP contribution in [0.5, 0.6) is 0 Å². The van der Waals surface area contributed by atoms with Gasteiger partial charge in [0.05, 0.1) is 16.2 Å². The summed E-state index contributed by atoms with van der Waals surface area (Å²) in [6, 6.07) is 18.1. The van der Waals surface area contributed by atoms with Gasteiger partial charge in [0.2, 0.25) is 5.91 Å². The molecule has 3 aromatic rings. The van der Waals surface area contributed by atoms with Crippen LogP contribution in [0.15, 0.2) is 69.4 Å². The van der Waals surface area contributed by atoms with E-state index in [4.69, 9.17) is 4.98 Å². The molecule has 38 heavy (non-hydrogen) atoms. The van der Waals surface area contributed by atoms with Crippen LogP contribution < -0.4 is 5.32 Å². The molecule has 0 fully saturated rings. The number of hydrogen-bond donors (Lipinski definition) is 1. The minimum atomic E-state index is -0.420. The standard InChI is InChI=1S/C29H30N4O3S2/c1-4-29(2,3)21-5-14-26-19(16-21)15-20(17-30)28(32-26)37-18-27(34)31-22-6-10-24(11-7-22)38-25-12-8-23(9-13-25)33(35)36/h6-13,15,21H,4-5,14,16,18H2,1-3H3,(H,31,34). The minimum Gasteiger partial charge on any atom is -0.325 e. The number of carbonyl (C=O) groups is 1. The van der Waals surface area contributed by atoms with Gasteiger partial charge in [0, 0.05) is 33.3 Å². The molecule has 0 spiro atoms. The highest BCUT2D eigenvalue weighted by atomic mass is 32.2. The summed E-state index contributed by atoms with van der Waals surface area (Å²) >= 11 is 2.78. The summed E-state index contributed by atoms with van der Waals surface area (Å²) < 4.78 is 0. The SMILES string of the molecule is CCC(C)(C)C1CCc2nc(SCC(=O)Nc3ccc(Sc4ccc([N+](=O)[O-])cc4)cc3)c(C#N)cc2C1. The van der Waals surface area contributed by atoms with Crippen molar-refractivity contribution in [2.45, 2.75) is 61.3 Å². The van der Waals surface area contributed by atoms with Crippen molar-refractivity contribution < 1.29 is 9.72 Å². The number of hydrogen-bond acceptors (Lipinski definition) is 7. The summed E-state index contributed by atoms with van der Waals surface area (Å²) in [6.07, 6.45) is 4.06. The van der Waals surface area contributed by atoms with Gasteiger partial charge in [0.25, 0.3) is 5.69 Å². The number of nitro groups is 1. The summed E-state index contributed by atoms with van der Waals surface area (Å²) in [5.41, 5.74) is 3.74. The topological polar surface area (TPSA) is 109 Å². The highest BCUT2D eigenvalue weighted by Gasteiger charge is 2.32. The molecule has 196 valence electrons. The second-order valence-corrected chi connectivity index (χ2v) is 12.2. The first-order valence-corrected chi connectivity index (χ1v) is 14.4. The van der Waals surface area contributed by atoms with Crippen molar-refractivity contribution in [1.29, 1.82) is 5.26 Å². The third-order valence-corrected chi connectivity index (χ3v) is 9.26. The lowest BCUT2D eigenvalue weighted by Crippen LogP contribution is -2.29. The maximum atomic E-state index is 12.6. The molecule has 1 unspecified atom stereocenters. The molecule has 0 saturated carbocycles. The molecule has 0 saturated heterocycles. The van der Waals surface area contributed by atoms with Gasteiger partial charge in [-0.1, -0.05) is 50.7 Å². The van der Waals surface area contributed by atoms with Crippen LogP contribution >= 0.6 is 23.5 Å². The van der Waals surface area contributed by atoms with Crippen molar-refractivity contribution in [3.05, 3.63) is 81.5 Å². The summed E-state index contributed by atoms with van der Waals surface area (Å²) in [5.74, 6) is 0.570. The van der Waals surface area contributed by atoms with Gasteiger partial charge in [0.15, 0.2) is 0 Å². The van der Waals surface area contributed by atoms with Gasteiger partial charge >= 0.3 is 0 Å².